The smallest absolute Gasteiger partial charge is 0.164 e. The normalized spacial score (nSPS) is 11.0. The van der Waals surface area contributed by atoms with Crippen LogP contribution in [0.1, 0.15) is 11.4 Å². The average Bonchev–Trinajstić information content (AvgIpc) is 2.93. The van der Waals surface area contributed by atoms with Crippen LogP contribution < -0.4 is 0 Å². The molecule has 0 saturated heterocycles. The SMILES string of the molecule is Oc1cccc(Cc2nc3cccnc3n2-c2ccncc2)c1. The van der Waals surface area contributed by atoms with E-state index in [-0.39, 0.29) is 5.75 Å². The Balaban J connectivity index is 1.89. The minimum absolute atomic E-state index is 0.257. The van der Waals surface area contributed by atoms with Crippen LogP contribution in [0.15, 0.2) is 67.1 Å². The molecule has 3 aromatic heterocycles. The highest BCUT2D eigenvalue weighted by atomic mass is 16.3. The Morgan fingerprint density at radius 2 is 1.83 bits per heavy atom. The molecule has 0 fully saturated rings. The molecule has 0 radical (unpaired) electrons. The molecule has 1 N–H and O–H groups in total. The predicted octanol–water partition coefficient (Wildman–Crippen LogP) is 3.11. The zero-order valence-corrected chi connectivity index (χ0v) is 12.3. The molecule has 23 heavy (non-hydrogen) atoms. The summed E-state index contributed by atoms with van der Waals surface area (Å²) in [4.78, 5) is 13.3. The number of pyridine rings is 2. The van der Waals surface area contributed by atoms with Crippen LogP contribution in [0.25, 0.3) is 16.9 Å². The number of fused-ring (bicyclic) bond motifs is 1. The summed E-state index contributed by atoms with van der Waals surface area (Å²) < 4.78 is 2.03. The van der Waals surface area contributed by atoms with Gasteiger partial charge in [0.05, 0.1) is 5.69 Å². The van der Waals surface area contributed by atoms with Crippen molar-refractivity contribution < 1.29 is 5.11 Å². The summed E-state index contributed by atoms with van der Waals surface area (Å²) in [6.07, 6.45) is 5.87. The van der Waals surface area contributed by atoms with Crippen molar-refractivity contribution in [1.29, 1.82) is 0 Å². The molecule has 4 aromatic rings. The lowest BCUT2D eigenvalue weighted by molar-refractivity contribution is 0.474. The van der Waals surface area contributed by atoms with E-state index in [0.29, 0.717) is 6.42 Å². The van der Waals surface area contributed by atoms with Crippen molar-refractivity contribution in [2.24, 2.45) is 0 Å². The first-order chi connectivity index (χ1) is 11.3. The molecule has 0 saturated carbocycles. The Labute approximate surface area is 132 Å². The minimum Gasteiger partial charge on any atom is -0.508 e. The third kappa shape index (κ3) is 2.53. The number of phenolic OH excluding ortho intramolecular Hbond substituents is 1. The topological polar surface area (TPSA) is 63.8 Å². The number of benzene rings is 1. The lowest BCUT2D eigenvalue weighted by Crippen LogP contribution is -2.03. The maximum absolute atomic E-state index is 9.67. The summed E-state index contributed by atoms with van der Waals surface area (Å²) in [5.41, 5.74) is 3.63. The van der Waals surface area contributed by atoms with Gasteiger partial charge in [-0.2, -0.15) is 0 Å². The molecule has 4 rings (SSSR count). The van der Waals surface area contributed by atoms with Crippen molar-refractivity contribution in [2.75, 3.05) is 0 Å². The van der Waals surface area contributed by atoms with Crippen molar-refractivity contribution >= 4 is 11.2 Å². The van der Waals surface area contributed by atoms with Crippen molar-refractivity contribution in [3.8, 4) is 11.4 Å². The van der Waals surface area contributed by atoms with E-state index in [1.807, 2.05) is 41.0 Å². The van der Waals surface area contributed by atoms with E-state index in [1.165, 1.54) is 0 Å². The highest BCUT2D eigenvalue weighted by Crippen LogP contribution is 2.22. The van der Waals surface area contributed by atoms with Gasteiger partial charge in [0.1, 0.15) is 17.1 Å². The first kappa shape index (κ1) is 13.5. The quantitative estimate of drug-likeness (QED) is 0.631. The highest BCUT2D eigenvalue weighted by Gasteiger charge is 2.13. The first-order valence-electron chi connectivity index (χ1n) is 7.32. The third-order valence-corrected chi connectivity index (χ3v) is 3.68. The molecule has 0 unspecified atom stereocenters. The number of phenols is 1. The number of hydrogen-bond donors (Lipinski definition) is 1. The molecular formula is C18H14N4O. The zero-order valence-electron chi connectivity index (χ0n) is 12.3. The second-order valence-electron chi connectivity index (χ2n) is 5.26. The Bertz CT molecular complexity index is 963. The van der Waals surface area contributed by atoms with Crippen LogP contribution in [0.3, 0.4) is 0 Å². The zero-order chi connectivity index (χ0) is 15.6. The average molecular weight is 302 g/mol. The van der Waals surface area contributed by atoms with Crippen LogP contribution in [0.4, 0.5) is 0 Å². The first-order valence-corrected chi connectivity index (χ1v) is 7.32. The monoisotopic (exact) mass is 302 g/mol. The minimum atomic E-state index is 0.257. The predicted molar refractivity (Wildman–Crippen MR) is 87.6 cm³/mol. The van der Waals surface area contributed by atoms with Gasteiger partial charge in [0, 0.05) is 25.0 Å². The number of aromatic hydroxyl groups is 1. The van der Waals surface area contributed by atoms with Gasteiger partial charge in [0.2, 0.25) is 0 Å². The molecule has 3 heterocycles. The Morgan fingerprint density at radius 1 is 0.957 bits per heavy atom. The highest BCUT2D eigenvalue weighted by molar-refractivity contribution is 5.73. The van der Waals surface area contributed by atoms with E-state index in [0.717, 1.165) is 28.2 Å². The van der Waals surface area contributed by atoms with Gasteiger partial charge in [-0.15, -0.1) is 0 Å². The number of rotatable bonds is 3. The summed E-state index contributed by atoms with van der Waals surface area (Å²) in [7, 11) is 0. The second-order valence-corrected chi connectivity index (χ2v) is 5.26. The summed E-state index contributed by atoms with van der Waals surface area (Å²) in [6, 6.07) is 14.9. The number of imidazole rings is 1. The summed E-state index contributed by atoms with van der Waals surface area (Å²) in [5, 5.41) is 9.67. The molecule has 0 bridgehead atoms. The van der Waals surface area contributed by atoms with Gasteiger partial charge in [-0.3, -0.25) is 9.55 Å². The van der Waals surface area contributed by atoms with Crippen molar-refractivity contribution in [3.63, 3.8) is 0 Å². The molecular weight excluding hydrogens is 288 g/mol. The fourth-order valence-electron chi connectivity index (χ4n) is 2.69. The molecule has 1 aromatic carbocycles. The Kier molecular flexibility index (Phi) is 3.24. The fraction of sp³-hybridized carbons (Fsp3) is 0.0556. The number of hydrogen-bond acceptors (Lipinski definition) is 4. The van der Waals surface area contributed by atoms with Gasteiger partial charge in [-0.1, -0.05) is 12.1 Å². The molecule has 0 aliphatic carbocycles. The Hall–Kier alpha value is -3.21. The van der Waals surface area contributed by atoms with Gasteiger partial charge >= 0.3 is 0 Å². The molecule has 0 spiro atoms. The van der Waals surface area contributed by atoms with E-state index in [2.05, 4.69) is 9.97 Å². The molecule has 0 aliphatic heterocycles. The van der Waals surface area contributed by atoms with Crippen LogP contribution in [0.5, 0.6) is 5.75 Å². The fourth-order valence-corrected chi connectivity index (χ4v) is 2.69. The maximum Gasteiger partial charge on any atom is 0.164 e. The van der Waals surface area contributed by atoms with E-state index in [1.54, 1.807) is 30.7 Å². The van der Waals surface area contributed by atoms with Crippen molar-refractivity contribution in [2.45, 2.75) is 6.42 Å². The summed E-state index contributed by atoms with van der Waals surface area (Å²) >= 11 is 0. The standard InChI is InChI=1S/C18H14N4O/c23-15-4-1-3-13(11-15)12-17-21-16-5-2-8-20-18(16)22(17)14-6-9-19-10-7-14/h1-11,23H,12H2. The van der Waals surface area contributed by atoms with Crippen LogP contribution in [0.2, 0.25) is 0 Å². The van der Waals surface area contributed by atoms with Crippen molar-refractivity contribution in [3.05, 3.63) is 78.5 Å². The summed E-state index contributed by atoms with van der Waals surface area (Å²) in [5.74, 6) is 1.13. The van der Waals surface area contributed by atoms with E-state index < -0.39 is 0 Å². The molecule has 0 aliphatic rings. The Morgan fingerprint density at radius 3 is 2.65 bits per heavy atom. The lowest BCUT2D eigenvalue weighted by atomic mass is 10.1. The van der Waals surface area contributed by atoms with E-state index >= 15 is 0 Å². The summed E-state index contributed by atoms with van der Waals surface area (Å²) in [6.45, 7) is 0. The molecule has 5 nitrogen and oxygen atoms in total. The largest absolute Gasteiger partial charge is 0.508 e. The lowest BCUT2D eigenvalue weighted by Gasteiger charge is -2.08. The molecule has 0 atom stereocenters. The maximum atomic E-state index is 9.67. The van der Waals surface area contributed by atoms with Crippen LogP contribution >= 0.6 is 0 Å². The second kappa shape index (κ2) is 5.53. The van der Waals surface area contributed by atoms with E-state index in [9.17, 15) is 5.11 Å². The third-order valence-electron chi connectivity index (χ3n) is 3.68. The van der Waals surface area contributed by atoms with Crippen LogP contribution in [0, 0.1) is 0 Å². The van der Waals surface area contributed by atoms with Gasteiger partial charge in [-0.25, -0.2) is 9.97 Å². The molecule has 0 amide bonds. The van der Waals surface area contributed by atoms with Gasteiger partial charge < -0.3 is 5.11 Å². The van der Waals surface area contributed by atoms with Gasteiger partial charge in [0.25, 0.3) is 0 Å². The molecule has 112 valence electrons. The molecule has 5 heteroatoms. The van der Waals surface area contributed by atoms with Crippen LogP contribution in [-0.4, -0.2) is 24.6 Å². The van der Waals surface area contributed by atoms with Crippen LogP contribution in [-0.2, 0) is 6.42 Å². The van der Waals surface area contributed by atoms with Crippen molar-refractivity contribution in [1.82, 2.24) is 19.5 Å². The van der Waals surface area contributed by atoms with Gasteiger partial charge in [0.15, 0.2) is 5.65 Å². The number of aromatic nitrogens is 4. The van der Waals surface area contributed by atoms with E-state index in [4.69, 9.17) is 4.98 Å². The van der Waals surface area contributed by atoms with Gasteiger partial charge in [-0.05, 0) is 42.0 Å². The number of nitrogens with zero attached hydrogens (tertiary/aromatic N) is 4.